The maximum atomic E-state index is 15.4. The number of pyridine rings is 1. The zero-order valence-corrected chi connectivity index (χ0v) is 21.5. The molecule has 1 fully saturated rings. The molecule has 2 heterocycles. The number of likely N-dealkylation sites (N-methyl/N-ethyl adjacent to an activating group) is 1. The second-order valence-electron chi connectivity index (χ2n) is 9.30. The van der Waals surface area contributed by atoms with Crippen molar-refractivity contribution < 1.29 is 13.9 Å². The van der Waals surface area contributed by atoms with Gasteiger partial charge in [0.1, 0.15) is 17.3 Å². The number of rotatable bonds is 7. The normalized spacial score (nSPS) is 14.2. The Hall–Kier alpha value is -3.84. The Balaban J connectivity index is 1.67. The number of benzene rings is 3. The molecule has 1 aromatic heterocycles. The van der Waals surface area contributed by atoms with E-state index in [2.05, 4.69) is 21.3 Å². The third-order valence-corrected chi connectivity index (χ3v) is 7.23. The molecule has 0 atom stereocenters. The van der Waals surface area contributed by atoms with Gasteiger partial charge >= 0.3 is 0 Å². The lowest BCUT2D eigenvalue weighted by atomic mass is 10.1. The second kappa shape index (κ2) is 10.6. The number of hydrogen-bond donors (Lipinski definition) is 0. The van der Waals surface area contributed by atoms with Gasteiger partial charge in [0, 0.05) is 44.2 Å². The van der Waals surface area contributed by atoms with E-state index in [4.69, 9.17) is 9.47 Å². The number of aromatic nitrogens is 1. The summed E-state index contributed by atoms with van der Waals surface area (Å²) in [5.74, 6) is 1.16. The van der Waals surface area contributed by atoms with Gasteiger partial charge in [-0.05, 0) is 66.2 Å². The van der Waals surface area contributed by atoms with Crippen LogP contribution in [-0.2, 0) is 6.54 Å². The molecule has 4 aromatic rings. The Morgan fingerprint density at radius 1 is 0.838 bits per heavy atom. The molecule has 0 bridgehead atoms. The van der Waals surface area contributed by atoms with Gasteiger partial charge in [-0.15, -0.1) is 0 Å². The van der Waals surface area contributed by atoms with Crippen LogP contribution in [0.25, 0.3) is 22.2 Å². The molecule has 5 rings (SSSR count). The molecule has 3 aromatic carbocycles. The van der Waals surface area contributed by atoms with Crippen LogP contribution in [-0.4, -0.2) is 56.4 Å². The summed E-state index contributed by atoms with van der Waals surface area (Å²) in [6, 6.07) is 20.4. The largest absolute Gasteiger partial charge is 0.497 e. The molecule has 7 heteroatoms. The van der Waals surface area contributed by atoms with Gasteiger partial charge in [-0.3, -0.25) is 4.79 Å². The summed E-state index contributed by atoms with van der Waals surface area (Å²) in [7, 11) is 3.27. The first kappa shape index (κ1) is 24.8. The minimum Gasteiger partial charge on any atom is -0.497 e. The fourth-order valence-electron chi connectivity index (χ4n) is 5.01. The Kier molecular flexibility index (Phi) is 7.15. The van der Waals surface area contributed by atoms with Crippen LogP contribution in [0, 0.1) is 5.82 Å². The van der Waals surface area contributed by atoms with Crippen molar-refractivity contribution in [2.24, 2.45) is 0 Å². The van der Waals surface area contributed by atoms with E-state index < -0.39 is 0 Å². The Morgan fingerprint density at radius 3 is 2.05 bits per heavy atom. The highest BCUT2D eigenvalue weighted by atomic mass is 19.1. The highest BCUT2D eigenvalue weighted by Crippen LogP contribution is 2.31. The van der Waals surface area contributed by atoms with Crippen molar-refractivity contribution in [3.63, 3.8) is 0 Å². The molecule has 0 unspecified atom stereocenters. The van der Waals surface area contributed by atoms with Gasteiger partial charge in [0.2, 0.25) is 0 Å². The summed E-state index contributed by atoms with van der Waals surface area (Å²) < 4.78 is 28.1. The Labute approximate surface area is 216 Å². The highest BCUT2D eigenvalue weighted by molar-refractivity contribution is 5.86. The van der Waals surface area contributed by atoms with Gasteiger partial charge in [-0.1, -0.05) is 19.1 Å². The predicted molar refractivity (Wildman–Crippen MR) is 147 cm³/mol. The van der Waals surface area contributed by atoms with Gasteiger partial charge in [-0.2, -0.15) is 0 Å². The minimum absolute atomic E-state index is 0.201. The van der Waals surface area contributed by atoms with Crippen LogP contribution in [0.3, 0.4) is 0 Å². The monoisotopic (exact) mass is 501 g/mol. The number of halogens is 1. The maximum absolute atomic E-state index is 15.4. The lowest BCUT2D eigenvalue weighted by molar-refractivity contribution is 0.270. The molecule has 6 nitrogen and oxygen atoms in total. The zero-order valence-electron chi connectivity index (χ0n) is 21.5. The average molecular weight is 502 g/mol. The number of anilines is 1. The van der Waals surface area contributed by atoms with Crippen molar-refractivity contribution >= 4 is 16.6 Å². The third-order valence-electron chi connectivity index (χ3n) is 7.23. The lowest BCUT2D eigenvalue weighted by Gasteiger charge is -2.35. The Bertz CT molecular complexity index is 1440. The van der Waals surface area contributed by atoms with Gasteiger partial charge in [0.15, 0.2) is 5.43 Å². The molecule has 0 aliphatic carbocycles. The fourth-order valence-corrected chi connectivity index (χ4v) is 5.01. The van der Waals surface area contributed by atoms with Gasteiger partial charge in [-0.25, -0.2) is 4.39 Å². The van der Waals surface area contributed by atoms with Crippen molar-refractivity contribution in [1.29, 1.82) is 0 Å². The number of nitrogens with zero attached hydrogens (tertiary/aromatic N) is 3. The van der Waals surface area contributed by atoms with Crippen LogP contribution in [0.5, 0.6) is 11.5 Å². The van der Waals surface area contributed by atoms with Crippen LogP contribution in [0.2, 0.25) is 0 Å². The van der Waals surface area contributed by atoms with Crippen LogP contribution in [0.4, 0.5) is 10.1 Å². The average Bonchev–Trinajstić information content (AvgIpc) is 2.95. The fraction of sp³-hybridized carbons (Fsp3) is 0.300. The second-order valence-corrected chi connectivity index (χ2v) is 9.30. The first-order valence-electron chi connectivity index (χ1n) is 12.6. The molecule has 0 N–H and O–H groups in total. The molecular weight excluding hydrogens is 469 g/mol. The smallest absolute Gasteiger partial charge is 0.190 e. The summed E-state index contributed by atoms with van der Waals surface area (Å²) in [5, 5.41) is 0.374. The van der Waals surface area contributed by atoms with E-state index in [0.29, 0.717) is 23.1 Å². The van der Waals surface area contributed by atoms with Crippen molar-refractivity contribution in [3.05, 3.63) is 88.3 Å². The minimum atomic E-state index is -0.359. The van der Waals surface area contributed by atoms with Crippen LogP contribution in [0.1, 0.15) is 12.5 Å². The molecule has 1 aliphatic heterocycles. The summed E-state index contributed by atoms with van der Waals surface area (Å²) in [5.41, 5.74) is 3.75. The summed E-state index contributed by atoms with van der Waals surface area (Å²) >= 11 is 0. The number of piperazine rings is 1. The van der Waals surface area contributed by atoms with Crippen LogP contribution in [0.15, 0.2) is 71.5 Å². The molecule has 0 saturated carbocycles. The number of fused-ring (bicyclic) bond motifs is 1. The number of ether oxygens (including phenoxy) is 2. The van der Waals surface area contributed by atoms with Crippen molar-refractivity contribution in [3.8, 4) is 22.8 Å². The van der Waals surface area contributed by atoms with Crippen LogP contribution >= 0.6 is 0 Å². The van der Waals surface area contributed by atoms with E-state index >= 15 is 4.39 Å². The molecule has 1 saturated heterocycles. The molecule has 192 valence electrons. The molecule has 0 amide bonds. The molecule has 0 radical (unpaired) electrons. The van der Waals surface area contributed by atoms with Crippen molar-refractivity contribution in [2.75, 3.05) is 51.8 Å². The van der Waals surface area contributed by atoms with Gasteiger partial charge in [0.25, 0.3) is 0 Å². The zero-order chi connectivity index (χ0) is 25.9. The Morgan fingerprint density at radius 2 is 1.46 bits per heavy atom. The van der Waals surface area contributed by atoms with Crippen molar-refractivity contribution in [1.82, 2.24) is 9.47 Å². The predicted octanol–water partition coefficient (Wildman–Crippen LogP) is 5.02. The third kappa shape index (κ3) is 5.04. The van der Waals surface area contributed by atoms with E-state index in [1.165, 1.54) is 6.07 Å². The van der Waals surface area contributed by atoms with Crippen molar-refractivity contribution in [2.45, 2.75) is 13.5 Å². The first-order valence-corrected chi connectivity index (χ1v) is 12.6. The van der Waals surface area contributed by atoms with Gasteiger partial charge in [0.05, 0.1) is 31.1 Å². The van der Waals surface area contributed by atoms with E-state index in [1.54, 1.807) is 20.3 Å². The topological polar surface area (TPSA) is 46.9 Å². The number of methoxy groups -OCH3 is 2. The molecular formula is C30H32FN3O3. The van der Waals surface area contributed by atoms with E-state index in [-0.39, 0.29) is 11.2 Å². The van der Waals surface area contributed by atoms with E-state index in [0.717, 1.165) is 61.0 Å². The van der Waals surface area contributed by atoms with E-state index in [9.17, 15) is 4.79 Å². The molecule has 1 aliphatic rings. The summed E-state index contributed by atoms with van der Waals surface area (Å²) in [6.07, 6.45) is 0. The maximum Gasteiger partial charge on any atom is 0.190 e. The van der Waals surface area contributed by atoms with E-state index in [1.807, 2.05) is 54.6 Å². The molecule has 37 heavy (non-hydrogen) atoms. The quantitative estimate of drug-likeness (QED) is 0.356. The summed E-state index contributed by atoms with van der Waals surface area (Å²) in [4.78, 5) is 17.7. The standard InChI is InChI=1S/C30H32FN3O3/c1-4-32-13-15-33(16-14-32)29-18-28-25(17-26(29)31)30(35)19-27(22-7-11-24(37-3)12-8-22)34(28)20-21-5-9-23(36-2)10-6-21/h5-12,17-19H,4,13-16,20H2,1-3H3. The molecule has 0 spiro atoms. The van der Waals surface area contributed by atoms with Gasteiger partial charge < -0.3 is 23.8 Å². The lowest BCUT2D eigenvalue weighted by Crippen LogP contribution is -2.46. The highest BCUT2D eigenvalue weighted by Gasteiger charge is 2.21. The summed E-state index contributed by atoms with van der Waals surface area (Å²) in [6.45, 7) is 6.91. The van der Waals surface area contributed by atoms with Crippen LogP contribution < -0.4 is 19.8 Å². The first-order chi connectivity index (χ1) is 18.0. The number of hydrogen-bond acceptors (Lipinski definition) is 5. The SMILES string of the molecule is CCN1CCN(c2cc3c(cc2F)c(=O)cc(-c2ccc(OC)cc2)n3Cc2ccc(OC)cc2)CC1.